The van der Waals surface area contributed by atoms with Crippen molar-refractivity contribution in [3.8, 4) is 0 Å². The molecule has 1 amide bonds. The highest BCUT2D eigenvalue weighted by atomic mass is 16.2. The van der Waals surface area contributed by atoms with Crippen LogP contribution in [0.15, 0.2) is 24.3 Å². The Kier molecular flexibility index (Phi) is 4.48. The molecule has 3 heteroatoms. The summed E-state index contributed by atoms with van der Waals surface area (Å²) in [6.45, 7) is 10.3. The average molecular weight is 274 g/mol. The van der Waals surface area contributed by atoms with Gasteiger partial charge in [-0.1, -0.05) is 52.0 Å². The number of fused-ring (bicyclic) bond motifs is 1. The Morgan fingerprint density at radius 1 is 1.35 bits per heavy atom. The second-order valence-electron chi connectivity index (χ2n) is 6.77. The molecule has 0 fully saturated rings. The highest BCUT2D eigenvalue weighted by Crippen LogP contribution is 2.24. The average Bonchev–Trinajstić information content (AvgIpc) is 2.44. The number of carbonyl (C=O) groups is 1. The Bertz CT molecular complexity index is 480. The standard InChI is InChI=1S/C17H26N2O/c1-12(2)17(3,4)11-19-16(20)15-9-13-7-5-6-8-14(13)10-18-15/h5-8,12,15,18H,9-11H2,1-4H3,(H,19,20)/t15-/m0/s1. The number of carbonyl (C=O) groups excluding carboxylic acids is 1. The van der Waals surface area contributed by atoms with Gasteiger partial charge in [-0.3, -0.25) is 4.79 Å². The second kappa shape index (κ2) is 5.96. The molecule has 3 nitrogen and oxygen atoms in total. The zero-order chi connectivity index (χ0) is 14.8. The van der Waals surface area contributed by atoms with E-state index >= 15 is 0 Å². The molecule has 1 aliphatic rings. The molecule has 2 N–H and O–H groups in total. The Morgan fingerprint density at radius 2 is 2.00 bits per heavy atom. The smallest absolute Gasteiger partial charge is 0.237 e. The maximum Gasteiger partial charge on any atom is 0.237 e. The van der Waals surface area contributed by atoms with E-state index in [2.05, 4.69) is 50.5 Å². The Balaban J connectivity index is 1.92. The molecule has 0 spiro atoms. The van der Waals surface area contributed by atoms with Crippen molar-refractivity contribution < 1.29 is 4.79 Å². The van der Waals surface area contributed by atoms with E-state index in [1.807, 2.05) is 12.1 Å². The molecule has 0 saturated heterocycles. The van der Waals surface area contributed by atoms with Gasteiger partial charge in [0.25, 0.3) is 0 Å². The maximum absolute atomic E-state index is 12.3. The van der Waals surface area contributed by atoms with E-state index < -0.39 is 0 Å². The van der Waals surface area contributed by atoms with Crippen LogP contribution in [0.2, 0.25) is 0 Å². The Labute approximate surface area is 122 Å². The first-order valence-electron chi connectivity index (χ1n) is 7.48. The minimum absolute atomic E-state index is 0.104. The van der Waals surface area contributed by atoms with Crippen molar-refractivity contribution >= 4 is 5.91 Å². The minimum Gasteiger partial charge on any atom is -0.354 e. The topological polar surface area (TPSA) is 41.1 Å². The van der Waals surface area contributed by atoms with Gasteiger partial charge < -0.3 is 10.6 Å². The maximum atomic E-state index is 12.3. The van der Waals surface area contributed by atoms with Crippen LogP contribution in [-0.4, -0.2) is 18.5 Å². The van der Waals surface area contributed by atoms with Gasteiger partial charge in [-0.15, -0.1) is 0 Å². The Hall–Kier alpha value is -1.35. The lowest BCUT2D eigenvalue weighted by molar-refractivity contribution is -0.123. The van der Waals surface area contributed by atoms with Crippen molar-refractivity contribution in [3.05, 3.63) is 35.4 Å². The van der Waals surface area contributed by atoms with Crippen molar-refractivity contribution in [1.29, 1.82) is 0 Å². The number of benzene rings is 1. The molecule has 1 aromatic rings. The molecule has 0 saturated carbocycles. The molecule has 2 rings (SSSR count). The summed E-state index contributed by atoms with van der Waals surface area (Å²) in [7, 11) is 0. The summed E-state index contributed by atoms with van der Waals surface area (Å²) in [5.41, 5.74) is 2.72. The van der Waals surface area contributed by atoms with Crippen molar-refractivity contribution in [2.75, 3.05) is 6.54 Å². The SMILES string of the molecule is CC(C)C(C)(C)CNC(=O)[C@@H]1Cc2ccccc2CN1. The van der Waals surface area contributed by atoms with Crippen molar-refractivity contribution in [2.24, 2.45) is 11.3 Å². The minimum atomic E-state index is -0.104. The summed E-state index contributed by atoms with van der Waals surface area (Å²) >= 11 is 0. The fourth-order valence-corrected chi connectivity index (χ4v) is 2.28. The quantitative estimate of drug-likeness (QED) is 0.885. The molecule has 20 heavy (non-hydrogen) atoms. The highest BCUT2D eigenvalue weighted by molar-refractivity contribution is 5.82. The molecule has 1 aliphatic heterocycles. The van der Waals surface area contributed by atoms with Crippen LogP contribution >= 0.6 is 0 Å². The second-order valence-corrected chi connectivity index (χ2v) is 6.77. The fraction of sp³-hybridized carbons (Fsp3) is 0.588. The van der Waals surface area contributed by atoms with Gasteiger partial charge in [0, 0.05) is 13.1 Å². The molecule has 1 heterocycles. The number of hydrogen-bond acceptors (Lipinski definition) is 2. The van der Waals surface area contributed by atoms with Gasteiger partial charge in [0.1, 0.15) is 0 Å². The summed E-state index contributed by atoms with van der Waals surface area (Å²) in [4.78, 5) is 12.3. The third kappa shape index (κ3) is 3.40. The lowest BCUT2D eigenvalue weighted by Crippen LogP contribution is -2.50. The van der Waals surface area contributed by atoms with E-state index in [0.717, 1.165) is 19.5 Å². The molecule has 0 radical (unpaired) electrons. The van der Waals surface area contributed by atoms with Crippen LogP contribution in [-0.2, 0) is 17.8 Å². The van der Waals surface area contributed by atoms with Gasteiger partial charge in [-0.05, 0) is 28.9 Å². The lowest BCUT2D eigenvalue weighted by Gasteiger charge is -2.31. The summed E-state index contributed by atoms with van der Waals surface area (Å²) in [5, 5.41) is 6.43. The predicted molar refractivity (Wildman–Crippen MR) is 82.4 cm³/mol. The predicted octanol–water partition coefficient (Wildman–Crippen LogP) is 2.50. The zero-order valence-corrected chi connectivity index (χ0v) is 13.0. The van der Waals surface area contributed by atoms with E-state index in [1.165, 1.54) is 11.1 Å². The lowest BCUT2D eigenvalue weighted by atomic mass is 9.81. The first-order chi connectivity index (χ1) is 9.40. The molecule has 1 atom stereocenters. The summed E-state index contributed by atoms with van der Waals surface area (Å²) < 4.78 is 0. The molecule has 0 bridgehead atoms. The monoisotopic (exact) mass is 274 g/mol. The largest absolute Gasteiger partial charge is 0.354 e. The van der Waals surface area contributed by atoms with Gasteiger partial charge in [0.15, 0.2) is 0 Å². The van der Waals surface area contributed by atoms with Crippen molar-refractivity contribution in [3.63, 3.8) is 0 Å². The van der Waals surface area contributed by atoms with Crippen LogP contribution < -0.4 is 10.6 Å². The first kappa shape index (κ1) is 15.0. The van der Waals surface area contributed by atoms with Crippen molar-refractivity contribution in [1.82, 2.24) is 10.6 Å². The first-order valence-corrected chi connectivity index (χ1v) is 7.48. The molecule has 110 valence electrons. The number of amides is 1. The van der Waals surface area contributed by atoms with Crippen LogP contribution in [0.5, 0.6) is 0 Å². The Morgan fingerprint density at radius 3 is 2.65 bits per heavy atom. The number of nitrogens with one attached hydrogen (secondary N) is 2. The van der Waals surface area contributed by atoms with E-state index in [0.29, 0.717) is 5.92 Å². The summed E-state index contributed by atoms with van der Waals surface area (Å²) in [6, 6.07) is 8.23. The van der Waals surface area contributed by atoms with Gasteiger partial charge in [0.05, 0.1) is 6.04 Å². The van der Waals surface area contributed by atoms with E-state index in [-0.39, 0.29) is 17.4 Å². The van der Waals surface area contributed by atoms with E-state index in [9.17, 15) is 4.79 Å². The van der Waals surface area contributed by atoms with E-state index in [4.69, 9.17) is 0 Å². The van der Waals surface area contributed by atoms with Gasteiger partial charge in [-0.2, -0.15) is 0 Å². The fourth-order valence-electron chi connectivity index (χ4n) is 2.28. The van der Waals surface area contributed by atoms with Crippen LogP contribution in [0, 0.1) is 11.3 Å². The number of rotatable bonds is 4. The van der Waals surface area contributed by atoms with Gasteiger partial charge in [-0.25, -0.2) is 0 Å². The molecular weight excluding hydrogens is 248 g/mol. The zero-order valence-electron chi connectivity index (χ0n) is 13.0. The molecule has 1 aromatic carbocycles. The van der Waals surface area contributed by atoms with Crippen LogP contribution in [0.25, 0.3) is 0 Å². The third-order valence-electron chi connectivity index (χ3n) is 4.68. The van der Waals surface area contributed by atoms with Crippen LogP contribution in [0.3, 0.4) is 0 Å². The summed E-state index contributed by atoms with van der Waals surface area (Å²) in [6.07, 6.45) is 0.782. The van der Waals surface area contributed by atoms with E-state index in [1.54, 1.807) is 0 Å². The van der Waals surface area contributed by atoms with Crippen molar-refractivity contribution in [2.45, 2.75) is 46.7 Å². The third-order valence-corrected chi connectivity index (χ3v) is 4.68. The molecular formula is C17H26N2O. The molecule has 0 unspecified atom stereocenters. The number of hydrogen-bond donors (Lipinski definition) is 2. The van der Waals surface area contributed by atoms with Gasteiger partial charge in [0.2, 0.25) is 5.91 Å². The normalized spacial score (nSPS) is 18.8. The van der Waals surface area contributed by atoms with Crippen LogP contribution in [0.4, 0.5) is 0 Å². The summed E-state index contributed by atoms with van der Waals surface area (Å²) in [5.74, 6) is 0.663. The van der Waals surface area contributed by atoms with Gasteiger partial charge >= 0.3 is 0 Å². The van der Waals surface area contributed by atoms with Crippen LogP contribution in [0.1, 0.15) is 38.8 Å². The highest BCUT2D eigenvalue weighted by Gasteiger charge is 2.27. The molecule has 0 aliphatic carbocycles. The molecule has 0 aromatic heterocycles.